The molecule has 0 aliphatic heterocycles. The first-order valence-electron chi connectivity index (χ1n) is 9.27. The molecule has 2 rings (SSSR count). The van der Waals surface area contributed by atoms with E-state index < -0.39 is 33.6 Å². The number of anilines is 2. The molecule has 0 fully saturated rings. The second-order valence-corrected chi connectivity index (χ2v) is 8.95. The van der Waals surface area contributed by atoms with Crippen LogP contribution in [0.5, 0.6) is 11.5 Å². The number of aliphatic hydroxyl groups excluding tert-OH is 2. The van der Waals surface area contributed by atoms with Gasteiger partial charge in [0.25, 0.3) is 0 Å². The number of aliphatic hydroxyl groups is 2. The maximum absolute atomic E-state index is 12.2. The predicted molar refractivity (Wildman–Crippen MR) is 113 cm³/mol. The van der Waals surface area contributed by atoms with Crippen molar-refractivity contribution in [1.82, 2.24) is 0 Å². The SMILES string of the molecule is Nc1ccc(OCCC(O)CS(=O)(=O)CC(O)CCOc2ccc(N)cc2)cc1. The third kappa shape index (κ3) is 9.03. The molecular weight excluding hydrogens is 396 g/mol. The molecule has 2 aromatic carbocycles. The molecule has 6 N–H and O–H groups in total. The summed E-state index contributed by atoms with van der Waals surface area (Å²) in [7, 11) is -3.63. The van der Waals surface area contributed by atoms with Gasteiger partial charge in [0.15, 0.2) is 9.84 Å². The number of sulfone groups is 1. The van der Waals surface area contributed by atoms with Gasteiger partial charge in [-0.25, -0.2) is 8.42 Å². The lowest BCUT2D eigenvalue weighted by Crippen LogP contribution is -2.30. The van der Waals surface area contributed by atoms with Crippen LogP contribution >= 0.6 is 0 Å². The smallest absolute Gasteiger partial charge is 0.155 e. The molecule has 0 aliphatic rings. The number of nitrogen functional groups attached to an aromatic ring is 2. The summed E-state index contributed by atoms with van der Waals surface area (Å²) in [6.45, 7) is 0.331. The number of ether oxygens (including phenoxy) is 2. The summed E-state index contributed by atoms with van der Waals surface area (Å²) in [5.41, 5.74) is 12.4. The lowest BCUT2D eigenvalue weighted by molar-refractivity contribution is 0.152. The molecule has 0 saturated heterocycles. The highest BCUT2D eigenvalue weighted by atomic mass is 32.2. The molecule has 0 saturated carbocycles. The van der Waals surface area contributed by atoms with Gasteiger partial charge in [-0.3, -0.25) is 0 Å². The quantitative estimate of drug-likeness (QED) is 0.372. The fraction of sp³-hybridized carbons (Fsp3) is 0.400. The van der Waals surface area contributed by atoms with Crippen molar-refractivity contribution < 1.29 is 28.1 Å². The van der Waals surface area contributed by atoms with E-state index in [0.29, 0.717) is 22.9 Å². The first-order chi connectivity index (χ1) is 13.7. The lowest BCUT2D eigenvalue weighted by atomic mass is 10.3. The minimum absolute atomic E-state index is 0.153. The largest absolute Gasteiger partial charge is 0.493 e. The molecule has 2 aromatic rings. The topological polar surface area (TPSA) is 145 Å². The Balaban J connectivity index is 1.66. The van der Waals surface area contributed by atoms with Crippen molar-refractivity contribution in [3.63, 3.8) is 0 Å². The van der Waals surface area contributed by atoms with E-state index in [1.54, 1.807) is 48.5 Å². The van der Waals surface area contributed by atoms with E-state index >= 15 is 0 Å². The summed E-state index contributed by atoms with van der Waals surface area (Å²) in [5.74, 6) is 0.304. The van der Waals surface area contributed by atoms with Crippen molar-refractivity contribution in [3.05, 3.63) is 48.5 Å². The molecule has 0 aromatic heterocycles. The van der Waals surface area contributed by atoms with Gasteiger partial charge in [-0.15, -0.1) is 0 Å². The Hall–Kier alpha value is -2.49. The van der Waals surface area contributed by atoms with Crippen LogP contribution < -0.4 is 20.9 Å². The standard InChI is InChI=1S/C20H28N2O6S/c21-15-1-5-19(6-2-15)27-11-9-17(23)13-29(25,26)14-18(24)10-12-28-20-7-3-16(22)4-8-20/h1-8,17-18,23-24H,9-14,21-22H2. The zero-order valence-corrected chi connectivity index (χ0v) is 16.9. The monoisotopic (exact) mass is 424 g/mol. The highest BCUT2D eigenvalue weighted by molar-refractivity contribution is 7.91. The molecule has 0 radical (unpaired) electrons. The van der Waals surface area contributed by atoms with Gasteiger partial charge in [0.1, 0.15) is 11.5 Å². The number of nitrogens with two attached hydrogens (primary N) is 2. The van der Waals surface area contributed by atoms with E-state index in [1.165, 1.54) is 0 Å². The van der Waals surface area contributed by atoms with E-state index in [4.69, 9.17) is 20.9 Å². The predicted octanol–water partition coefficient (Wildman–Crippen LogP) is 1.23. The van der Waals surface area contributed by atoms with Gasteiger partial charge in [0.05, 0.1) is 36.9 Å². The van der Waals surface area contributed by atoms with Crippen molar-refractivity contribution in [2.75, 3.05) is 36.2 Å². The summed E-state index contributed by atoms with van der Waals surface area (Å²) in [4.78, 5) is 0. The minimum atomic E-state index is -3.63. The molecule has 2 atom stereocenters. The number of rotatable bonds is 12. The second-order valence-electron chi connectivity index (χ2n) is 6.80. The zero-order chi connectivity index (χ0) is 21.3. The molecule has 0 bridgehead atoms. The van der Waals surface area contributed by atoms with Gasteiger partial charge in [-0.1, -0.05) is 0 Å². The highest BCUT2D eigenvalue weighted by Crippen LogP contribution is 2.15. The van der Waals surface area contributed by atoms with Crippen molar-refractivity contribution >= 4 is 21.2 Å². The first kappa shape index (κ1) is 22.8. The van der Waals surface area contributed by atoms with Crippen LogP contribution in [0.4, 0.5) is 11.4 Å². The third-order valence-corrected chi connectivity index (χ3v) is 5.88. The van der Waals surface area contributed by atoms with E-state index in [9.17, 15) is 18.6 Å². The van der Waals surface area contributed by atoms with Gasteiger partial charge in [-0.05, 0) is 48.5 Å². The Kier molecular flexibility index (Phi) is 8.56. The Morgan fingerprint density at radius 3 is 1.41 bits per heavy atom. The molecule has 0 aliphatic carbocycles. The van der Waals surface area contributed by atoms with Gasteiger partial charge in [0, 0.05) is 24.2 Å². The average molecular weight is 425 g/mol. The van der Waals surface area contributed by atoms with Crippen LogP contribution in [0.2, 0.25) is 0 Å². The summed E-state index contributed by atoms with van der Waals surface area (Å²) >= 11 is 0. The van der Waals surface area contributed by atoms with Crippen LogP contribution in [0.1, 0.15) is 12.8 Å². The molecule has 8 nitrogen and oxygen atoms in total. The maximum Gasteiger partial charge on any atom is 0.155 e. The molecule has 0 spiro atoms. The lowest BCUT2D eigenvalue weighted by Gasteiger charge is -2.15. The molecule has 0 amide bonds. The third-order valence-electron chi connectivity index (χ3n) is 4.09. The molecule has 2 unspecified atom stereocenters. The van der Waals surface area contributed by atoms with Crippen molar-refractivity contribution in [3.8, 4) is 11.5 Å². The Bertz CT molecular complexity index is 775. The maximum atomic E-state index is 12.2. The Labute approximate surface area is 171 Å². The van der Waals surface area contributed by atoms with E-state index in [-0.39, 0.29) is 26.1 Å². The van der Waals surface area contributed by atoms with Gasteiger partial charge >= 0.3 is 0 Å². The highest BCUT2D eigenvalue weighted by Gasteiger charge is 2.21. The number of hydrogen-bond donors (Lipinski definition) is 4. The first-order valence-corrected chi connectivity index (χ1v) is 11.1. The molecule has 0 heterocycles. The van der Waals surface area contributed by atoms with Crippen LogP contribution in [-0.2, 0) is 9.84 Å². The number of hydrogen-bond acceptors (Lipinski definition) is 8. The molecule has 29 heavy (non-hydrogen) atoms. The summed E-state index contributed by atoms with van der Waals surface area (Å²) < 4.78 is 35.2. The van der Waals surface area contributed by atoms with Crippen LogP contribution in [0.25, 0.3) is 0 Å². The normalized spacial score (nSPS) is 13.6. The molecule has 160 valence electrons. The second kappa shape index (κ2) is 10.9. The van der Waals surface area contributed by atoms with Crippen molar-refractivity contribution in [2.24, 2.45) is 0 Å². The van der Waals surface area contributed by atoms with Crippen molar-refractivity contribution in [1.29, 1.82) is 0 Å². The summed E-state index contributed by atoms with van der Waals surface area (Å²) in [6, 6.07) is 13.5. The fourth-order valence-corrected chi connectivity index (χ4v) is 4.22. The average Bonchev–Trinajstić information content (AvgIpc) is 2.64. The van der Waals surface area contributed by atoms with Crippen LogP contribution in [0.3, 0.4) is 0 Å². The summed E-state index contributed by atoms with van der Waals surface area (Å²) in [6.07, 6.45) is -1.85. The van der Waals surface area contributed by atoms with E-state index in [0.717, 1.165) is 0 Å². The van der Waals surface area contributed by atoms with Gasteiger partial charge < -0.3 is 31.2 Å². The molecular formula is C20H28N2O6S. The van der Waals surface area contributed by atoms with Crippen LogP contribution in [0, 0.1) is 0 Å². The van der Waals surface area contributed by atoms with Crippen LogP contribution in [-0.4, -0.2) is 55.6 Å². The summed E-state index contributed by atoms with van der Waals surface area (Å²) in [5, 5.41) is 19.9. The van der Waals surface area contributed by atoms with Gasteiger partial charge in [0.2, 0.25) is 0 Å². The molecule has 9 heteroatoms. The van der Waals surface area contributed by atoms with Crippen LogP contribution in [0.15, 0.2) is 48.5 Å². The van der Waals surface area contributed by atoms with Gasteiger partial charge in [-0.2, -0.15) is 0 Å². The number of benzene rings is 2. The minimum Gasteiger partial charge on any atom is -0.493 e. The zero-order valence-electron chi connectivity index (χ0n) is 16.1. The Morgan fingerprint density at radius 2 is 1.07 bits per heavy atom. The van der Waals surface area contributed by atoms with E-state index in [2.05, 4.69) is 0 Å². The fourth-order valence-electron chi connectivity index (χ4n) is 2.57. The van der Waals surface area contributed by atoms with Crippen molar-refractivity contribution in [2.45, 2.75) is 25.0 Å². The Morgan fingerprint density at radius 1 is 0.724 bits per heavy atom. The van der Waals surface area contributed by atoms with E-state index in [1.807, 2.05) is 0 Å².